The van der Waals surface area contributed by atoms with Gasteiger partial charge in [0.05, 0.1) is 43.5 Å². The van der Waals surface area contributed by atoms with Gasteiger partial charge in [0.15, 0.2) is 0 Å². The molecule has 0 fully saturated rings. The number of fused-ring (bicyclic) bond motifs is 5. The van der Waals surface area contributed by atoms with Gasteiger partial charge in [0.2, 0.25) is 17.9 Å². The lowest BCUT2D eigenvalue weighted by atomic mass is 9.84. The number of alkyl carbamates (subject to hydrolysis) is 1. The molecule has 0 saturated carbocycles. The Labute approximate surface area is 304 Å². The van der Waals surface area contributed by atoms with Gasteiger partial charge in [-0.25, -0.2) is 19.4 Å². The summed E-state index contributed by atoms with van der Waals surface area (Å²) in [5, 5.41) is 4.59. The summed E-state index contributed by atoms with van der Waals surface area (Å²) in [5.41, 5.74) is -0.851. The molecule has 0 bridgehead atoms. The lowest BCUT2D eigenvalue weighted by Gasteiger charge is -2.37. The number of amides is 1. The van der Waals surface area contributed by atoms with Crippen LogP contribution in [0.1, 0.15) is 98.1 Å². The molecular formula is C38H48N4O9Si. The first-order chi connectivity index (χ1) is 24.1. The van der Waals surface area contributed by atoms with E-state index in [-0.39, 0.29) is 37.1 Å². The summed E-state index contributed by atoms with van der Waals surface area (Å²) in [5.74, 6) is -1.11. The van der Waals surface area contributed by atoms with Gasteiger partial charge in [-0.05, 0) is 88.5 Å². The Hall–Kier alpha value is -4.81. The number of isocyanates is 1. The smallest absolute Gasteiger partial charge is 0.407 e. The number of benzene rings is 1. The van der Waals surface area contributed by atoms with E-state index >= 15 is 0 Å². The van der Waals surface area contributed by atoms with E-state index in [0.717, 1.165) is 21.7 Å². The second-order valence-corrected chi connectivity index (χ2v) is 21.2. The SMILES string of the molecule is CCC1(OC(=O)CCNC(=O)OC(C)(C)C)C(=O)OC(N=C=O)c2c1cc1n(c2=O)Cc2c-1nc1ccc(OC(C)(C)C)cc1c2[Si](C)(C)C(C)C. The lowest BCUT2D eigenvalue weighted by molar-refractivity contribution is -0.193. The molecule has 1 aromatic carbocycles. The highest BCUT2D eigenvalue weighted by atomic mass is 28.3. The monoisotopic (exact) mass is 732 g/mol. The van der Waals surface area contributed by atoms with Crippen molar-refractivity contribution in [3.05, 3.63) is 51.3 Å². The summed E-state index contributed by atoms with van der Waals surface area (Å²) in [6, 6.07) is 7.46. The summed E-state index contributed by atoms with van der Waals surface area (Å²) < 4.78 is 24.4. The number of aliphatic imine (C=N–C) groups is 1. The number of nitrogens with zero attached hydrogens (tertiary/aromatic N) is 3. The Morgan fingerprint density at radius 3 is 2.42 bits per heavy atom. The van der Waals surface area contributed by atoms with Crippen molar-refractivity contribution in [1.82, 2.24) is 14.9 Å². The number of esters is 2. The number of pyridine rings is 2. The molecule has 5 rings (SSSR count). The maximum atomic E-state index is 14.6. The molecule has 14 heteroatoms. The number of carbonyl (C=O) groups is 3. The van der Waals surface area contributed by atoms with Gasteiger partial charge in [0.1, 0.15) is 17.0 Å². The van der Waals surface area contributed by atoms with Crippen molar-refractivity contribution in [3.63, 3.8) is 0 Å². The van der Waals surface area contributed by atoms with E-state index in [0.29, 0.717) is 22.7 Å². The minimum Gasteiger partial charge on any atom is -0.488 e. The van der Waals surface area contributed by atoms with Crippen molar-refractivity contribution in [2.24, 2.45) is 4.99 Å². The molecule has 2 aliphatic rings. The normalized spacial score (nSPS) is 18.2. The number of nitrogens with one attached hydrogen (secondary N) is 1. The van der Waals surface area contributed by atoms with E-state index < -0.39 is 54.7 Å². The highest BCUT2D eigenvalue weighted by Gasteiger charge is 2.53. The van der Waals surface area contributed by atoms with E-state index in [1.165, 1.54) is 6.08 Å². The first-order valence-electron chi connectivity index (χ1n) is 17.5. The zero-order valence-electron chi connectivity index (χ0n) is 31.8. The molecule has 2 aromatic heterocycles. The van der Waals surface area contributed by atoms with Crippen LogP contribution in [-0.4, -0.2) is 59.5 Å². The van der Waals surface area contributed by atoms with Gasteiger partial charge in [-0.2, -0.15) is 4.99 Å². The molecule has 1 amide bonds. The van der Waals surface area contributed by atoms with E-state index in [1.807, 2.05) is 39.0 Å². The fourth-order valence-electron chi connectivity index (χ4n) is 6.67. The summed E-state index contributed by atoms with van der Waals surface area (Å²) in [6.07, 6.45) is -1.31. The quantitative estimate of drug-likeness (QED) is 0.0722. The van der Waals surface area contributed by atoms with Crippen molar-refractivity contribution < 1.29 is 38.1 Å². The fourth-order valence-corrected chi connectivity index (χ4v) is 9.12. The van der Waals surface area contributed by atoms with Gasteiger partial charge >= 0.3 is 18.0 Å². The van der Waals surface area contributed by atoms with Gasteiger partial charge in [0, 0.05) is 17.5 Å². The van der Waals surface area contributed by atoms with Crippen molar-refractivity contribution in [1.29, 1.82) is 0 Å². The molecule has 0 spiro atoms. The van der Waals surface area contributed by atoms with Gasteiger partial charge < -0.3 is 28.8 Å². The zero-order chi connectivity index (χ0) is 38.6. The summed E-state index contributed by atoms with van der Waals surface area (Å²) in [4.78, 5) is 74.0. The third kappa shape index (κ3) is 7.14. The highest BCUT2D eigenvalue weighted by molar-refractivity contribution is 6.92. The molecule has 2 unspecified atom stereocenters. The van der Waals surface area contributed by atoms with E-state index in [9.17, 15) is 24.0 Å². The molecule has 13 nitrogen and oxygen atoms in total. The Morgan fingerprint density at radius 1 is 1.13 bits per heavy atom. The molecule has 4 heterocycles. The van der Waals surface area contributed by atoms with Gasteiger partial charge in [0.25, 0.3) is 5.56 Å². The second-order valence-electron chi connectivity index (χ2n) is 16.1. The van der Waals surface area contributed by atoms with Gasteiger partial charge in [-0.3, -0.25) is 9.59 Å². The third-order valence-electron chi connectivity index (χ3n) is 9.65. The number of rotatable bonds is 9. The molecule has 278 valence electrons. The molecule has 3 aromatic rings. The first kappa shape index (κ1) is 38.4. The van der Waals surface area contributed by atoms with E-state index in [4.69, 9.17) is 23.9 Å². The van der Waals surface area contributed by atoms with Crippen LogP contribution in [0.3, 0.4) is 0 Å². The van der Waals surface area contributed by atoms with Crippen LogP contribution in [-0.2, 0) is 40.7 Å². The largest absolute Gasteiger partial charge is 0.488 e. The molecule has 0 radical (unpaired) electrons. The maximum Gasteiger partial charge on any atom is 0.407 e. The second kappa shape index (κ2) is 13.6. The van der Waals surface area contributed by atoms with Crippen LogP contribution in [0.15, 0.2) is 34.1 Å². The number of hydrogen-bond acceptors (Lipinski definition) is 11. The molecule has 0 aliphatic carbocycles. The van der Waals surface area contributed by atoms with Crippen LogP contribution in [0.25, 0.3) is 22.3 Å². The molecular weight excluding hydrogens is 685 g/mol. The standard InChI is InChI=1S/C38H48N4O9Si/c1-12-38(50-28(44)15-16-39-35(47)51-37(7,8)9)25-18-27-30-24(19-42(27)33(45)29(25)32(40-20-43)48-34(38)46)31(52(10,11)21(2)3)23-17-22(49-36(4,5)6)13-14-26(23)41-30/h13-14,17-18,21,32H,12,15-16,19H2,1-11H3,(H,39,47). The molecule has 2 aliphatic heterocycles. The fraction of sp³-hybridized carbons (Fsp3) is 0.526. The predicted octanol–water partition coefficient (Wildman–Crippen LogP) is 5.88. The van der Waals surface area contributed by atoms with Crippen LogP contribution in [0.5, 0.6) is 5.75 Å². The highest BCUT2D eigenvalue weighted by Crippen LogP contribution is 2.45. The maximum absolute atomic E-state index is 14.6. The lowest BCUT2D eigenvalue weighted by Crippen LogP contribution is -2.49. The number of cyclic esters (lactones) is 1. The topological polar surface area (TPSA) is 164 Å². The van der Waals surface area contributed by atoms with E-state index in [2.05, 4.69) is 37.3 Å². The van der Waals surface area contributed by atoms with E-state index in [1.54, 1.807) is 38.3 Å². The van der Waals surface area contributed by atoms with Crippen molar-refractivity contribution >= 4 is 48.3 Å². The number of aromatic nitrogens is 2. The van der Waals surface area contributed by atoms with Crippen LogP contribution < -0.4 is 20.8 Å². The number of hydrogen-bond donors (Lipinski definition) is 1. The van der Waals surface area contributed by atoms with Gasteiger partial charge in [-0.1, -0.05) is 33.9 Å². The average molecular weight is 733 g/mol. The molecule has 0 saturated heterocycles. The van der Waals surface area contributed by atoms with Crippen molar-refractivity contribution in [2.45, 2.75) is 123 Å². The van der Waals surface area contributed by atoms with Crippen molar-refractivity contribution in [2.75, 3.05) is 6.54 Å². The zero-order valence-corrected chi connectivity index (χ0v) is 32.8. The minimum absolute atomic E-state index is 0.0607. The molecule has 1 N–H and O–H groups in total. The average Bonchev–Trinajstić information content (AvgIpc) is 3.38. The molecule has 2 atom stereocenters. The Kier molecular flexibility index (Phi) is 10.1. The Balaban J connectivity index is 1.67. The summed E-state index contributed by atoms with van der Waals surface area (Å²) >= 11 is 0. The first-order valence-corrected chi connectivity index (χ1v) is 20.6. The molecule has 52 heavy (non-hydrogen) atoms. The predicted molar refractivity (Wildman–Crippen MR) is 197 cm³/mol. The van der Waals surface area contributed by atoms with Crippen LogP contribution in [0.4, 0.5) is 4.79 Å². The van der Waals surface area contributed by atoms with Crippen LogP contribution in [0, 0.1) is 0 Å². The minimum atomic E-state index is -2.24. The van der Waals surface area contributed by atoms with Crippen molar-refractivity contribution in [3.8, 4) is 17.1 Å². The van der Waals surface area contributed by atoms with Gasteiger partial charge in [-0.15, -0.1) is 0 Å². The Bertz CT molecular complexity index is 2070. The van der Waals surface area contributed by atoms with Crippen LogP contribution >= 0.6 is 0 Å². The van der Waals surface area contributed by atoms with Crippen LogP contribution in [0.2, 0.25) is 18.6 Å². The summed E-state index contributed by atoms with van der Waals surface area (Å²) in [7, 11) is -2.24. The third-order valence-corrected chi connectivity index (χ3v) is 14.4. The Morgan fingerprint density at radius 2 is 1.83 bits per heavy atom. The number of ether oxygens (including phenoxy) is 4. The summed E-state index contributed by atoms with van der Waals surface area (Å²) in [6.45, 7) is 21.8. The number of carbonyl (C=O) groups excluding carboxylic acids is 4.